The van der Waals surface area contributed by atoms with E-state index in [0.717, 1.165) is 24.2 Å². The maximum absolute atomic E-state index is 13.5. The predicted molar refractivity (Wildman–Crippen MR) is 136 cm³/mol. The zero-order chi connectivity index (χ0) is 26.8. The molecular weight excluding hydrogens is 478 g/mol. The van der Waals surface area contributed by atoms with E-state index in [0.29, 0.717) is 41.7 Å². The van der Waals surface area contributed by atoms with Crippen LogP contribution in [-0.4, -0.2) is 56.9 Å². The quantitative estimate of drug-likeness (QED) is 0.365. The summed E-state index contributed by atoms with van der Waals surface area (Å²) in [6.07, 6.45) is 1.69. The van der Waals surface area contributed by atoms with Gasteiger partial charge in [0.1, 0.15) is 5.75 Å². The van der Waals surface area contributed by atoms with Crippen LogP contribution in [0.1, 0.15) is 51.9 Å². The molecule has 0 aliphatic rings. The minimum absolute atomic E-state index is 0.138. The lowest BCUT2D eigenvalue weighted by atomic mass is 10.1. The van der Waals surface area contributed by atoms with Crippen molar-refractivity contribution in [2.45, 2.75) is 32.9 Å². The van der Waals surface area contributed by atoms with Crippen molar-refractivity contribution < 1.29 is 33.1 Å². The van der Waals surface area contributed by atoms with E-state index >= 15 is 0 Å². The number of carbonyl (C=O) groups excluding carboxylic acids is 2. The molecule has 198 valence electrons. The molecule has 10 heteroatoms. The summed E-state index contributed by atoms with van der Waals surface area (Å²) in [7, 11) is 6.09. The molecule has 10 nitrogen and oxygen atoms in total. The van der Waals surface area contributed by atoms with Gasteiger partial charge in [-0.1, -0.05) is 30.6 Å². The highest BCUT2D eigenvalue weighted by Gasteiger charge is 2.23. The van der Waals surface area contributed by atoms with Crippen LogP contribution >= 0.6 is 0 Å². The van der Waals surface area contributed by atoms with Gasteiger partial charge in [-0.2, -0.15) is 0 Å². The van der Waals surface area contributed by atoms with Crippen molar-refractivity contribution in [3.63, 3.8) is 0 Å². The molecule has 0 unspecified atom stereocenters. The first-order valence-corrected chi connectivity index (χ1v) is 11.9. The summed E-state index contributed by atoms with van der Waals surface area (Å²) in [5, 5.41) is 6.71. The highest BCUT2D eigenvalue weighted by molar-refractivity contribution is 5.96. The van der Waals surface area contributed by atoms with E-state index in [1.807, 2.05) is 31.2 Å². The van der Waals surface area contributed by atoms with Crippen molar-refractivity contribution in [1.82, 2.24) is 15.4 Å². The number of carbonyl (C=O) groups is 2. The van der Waals surface area contributed by atoms with Gasteiger partial charge in [-0.25, -0.2) is 0 Å². The average Bonchev–Trinajstić information content (AvgIpc) is 3.41. The number of benzene rings is 2. The first-order valence-electron chi connectivity index (χ1n) is 11.9. The SMILES string of the molecule is CCCCN(Cc1cc(C(=O)NCc2ccc(OC)cc2)no1)C(=O)c1cc(OC)c(OC)c(OC)c1. The number of ether oxygens (including phenoxy) is 4. The Kier molecular flexibility index (Phi) is 9.76. The monoisotopic (exact) mass is 511 g/mol. The fourth-order valence-electron chi connectivity index (χ4n) is 3.69. The molecule has 0 radical (unpaired) electrons. The van der Waals surface area contributed by atoms with Gasteiger partial charge in [0.05, 0.1) is 35.0 Å². The van der Waals surface area contributed by atoms with Crippen LogP contribution in [0.15, 0.2) is 47.0 Å². The number of hydrogen-bond donors (Lipinski definition) is 1. The Morgan fingerprint density at radius 1 is 0.946 bits per heavy atom. The van der Waals surface area contributed by atoms with E-state index < -0.39 is 0 Å². The molecule has 0 aliphatic carbocycles. The van der Waals surface area contributed by atoms with Gasteiger partial charge in [-0.05, 0) is 36.2 Å². The Morgan fingerprint density at radius 3 is 2.19 bits per heavy atom. The smallest absolute Gasteiger partial charge is 0.273 e. The average molecular weight is 512 g/mol. The molecule has 1 aromatic heterocycles. The van der Waals surface area contributed by atoms with E-state index in [1.54, 1.807) is 30.2 Å². The van der Waals surface area contributed by atoms with Crippen LogP contribution in [0.3, 0.4) is 0 Å². The first kappa shape index (κ1) is 27.4. The number of amides is 2. The predicted octanol–water partition coefficient (Wildman–Crippen LogP) is 4.08. The highest BCUT2D eigenvalue weighted by atomic mass is 16.5. The van der Waals surface area contributed by atoms with Gasteiger partial charge in [-0.15, -0.1) is 0 Å². The zero-order valence-corrected chi connectivity index (χ0v) is 21.8. The van der Waals surface area contributed by atoms with Gasteiger partial charge in [-0.3, -0.25) is 9.59 Å². The van der Waals surface area contributed by atoms with Crippen molar-refractivity contribution in [1.29, 1.82) is 0 Å². The van der Waals surface area contributed by atoms with Crippen LogP contribution in [0.5, 0.6) is 23.0 Å². The lowest BCUT2D eigenvalue weighted by Gasteiger charge is -2.22. The lowest BCUT2D eigenvalue weighted by Crippen LogP contribution is -2.31. The van der Waals surface area contributed by atoms with Crippen molar-refractivity contribution in [2.24, 2.45) is 0 Å². The molecule has 0 saturated carbocycles. The fraction of sp³-hybridized carbons (Fsp3) is 0.370. The van der Waals surface area contributed by atoms with Gasteiger partial charge in [0.15, 0.2) is 23.0 Å². The summed E-state index contributed by atoms with van der Waals surface area (Å²) in [6, 6.07) is 12.2. The molecule has 0 fully saturated rings. The third kappa shape index (κ3) is 6.93. The number of nitrogens with zero attached hydrogens (tertiary/aromatic N) is 2. The number of rotatable bonds is 13. The Balaban J connectivity index is 1.72. The molecule has 2 amide bonds. The zero-order valence-electron chi connectivity index (χ0n) is 21.8. The molecule has 1 heterocycles. The van der Waals surface area contributed by atoms with Gasteiger partial charge < -0.3 is 33.7 Å². The molecule has 2 aromatic carbocycles. The highest BCUT2D eigenvalue weighted by Crippen LogP contribution is 2.38. The maximum Gasteiger partial charge on any atom is 0.273 e. The van der Waals surface area contributed by atoms with Gasteiger partial charge in [0.2, 0.25) is 5.75 Å². The second-order valence-corrected chi connectivity index (χ2v) is 8.20. The van der Waals surface area contributed by atoms with E-state index in [4.69, 9.17) is 23.5 Å². The topological polar surface area (TPSA) is 112 Å². The minimum atomic E-state index is -0.373. The number of aromatic nitrogens is 1. The van der Waals surface area contributed by atoms with E-state index in [-0.39, 0.29) is 24.1 Å². The number of hydrogen-bond acceptors (Lipinski definition) is 8. The molecule has 0 saturated heterocycles. The second kappa shape index (κ2) is 13.2. The number of unbranched alkanes of at least 4 members (excludes halogenated alkanes) is 1. The van der Waals surface area contributed by atoms with E-state index in [2.05, 4.69) is 10.5 Å². The first-order chi connectivity index (χ1) is 17.9. The van der Waals surface area contributed by atoms with Crippen LogP contribution in [-0.2, 0) is 13.1 Å². The van der Waals surface area contributed by atoms with Crippen molar-refractivity contribution >= 4 is 11.8 Å². The molecule has 1 N–H and O–H groups in total. The van der Waals surface area contributed by atoms with E-state index in [9.17, 15) is 9.59 Å². The summed E-state index contributed by atoms with van der Waals surface area (Å²) in [4.78, 5) is 27.7. The lowest BCUT2D eigenvalue weighted by molar-refractivity contribution is 0.0723. The van der Waals surface area contributed by atoms with Crippen LogP contribution in [0.2, 0.25) is 0 Å². The number of methoxy groups -OCH3 is 4. The molecular formula is C27H33N3O7. The third-order valence-electron chi connectivity index (χ3n) is 5.73. The summed E-state index contributed by atoms with van der Waals surface area (Å²) in [5.41, 5.74) is 1.43. The van der Waals surface area contributed by atoms with Crippen LogP contribution in [0.4, 0.5) is 0 Å². The molecule has 0 atom stereocenters. The van der Waals surface area contributed by atoms with Crippen LogP contribution in [0.25, 0.3) is 0 Å². The fourth-order valence-corrected chi connectivity index (χ4v) is 3.69. The summed E-state index contributed by atoms with van der Waals surface area (Å²) >= 11 is 0. The minimum Gasteiger partial charge on any atom is -0.497 e. The Hall–Kier alpha value is -4.21. The molecule has 0 aliphatic heterocycles. The van der Waals surface area contributed by atoms with Gasteiger partial charge in [0, 0.05) is 24.7 Å². The third-order valence-corrected chi connectivity index (χ3v) is 5.73. The Morgan fingerprint density at radius 2 is 1.62 bits per heavy atom. The van der Waals surface area contributed by atoms with E-state index in [1.165, 1.54) is 21.3 Å². The standard InChI is InChI=1S/C27H33N3O7/c1-6-7-12-30(27(32)19-13-23(34-3)25(36-5)24(14-19)35-4)17-21-15-22(29-37-21)26(31)28-16-18-8-10-20(33-2)11-9-18/h8-11,13-15H,6-7,12,16-17H2,1-5H3,(H,28,31). The summed E-state index contributed by atoms with van der Waals surface area (Å²) in [6.45, 7) is 3.01. The van der Waals surface area contributed by atoms with Crippen molar-refractivity contribution in [2.75, 3.05) is 35.0 Å². The normalized spacial score (nSPS) is 10.5. The van der Waals surface area contributed by atoms with Crippen LogP contribution in [0, 0.1) is 0 Å². The number of nitrogens with one attached hydrogen (secondary N) is 1. The van der Waals surface area contributed by atoms with Gasteiger partial charge >= 0.3 is 0 Å². The molecule has 3 rings (SSSR count). The molecule has 0 spiro atoms. The molecule has 0 bridgehead atoms. The van der Waals surface area contributed by atoms with Crippen molar-refractivity contribution in [3.05, 3.63) is 65.0 Å². The molecule has 3 aromatic rings. The molecule has 37 heavy (non-hydrogen) atoms. The Labute approximate surface area is 216 Å². The van der Waals surface area contributed by atoms with Gasteiger partial charge in [0.25, 0.3) is 11.8 Å². The summed E-state index contributed by atoms with van der Waals surface area (Å²) < 4.78 is 26.7. The second-order valence-electron chi connectivity index (χ2n) is 8.20. The summed E-state index contributed by atoms with van der Waals surface area (Å²) in [5.74, 6) is 1.70. The maximum atomic E-state index is 13.5. The van der Waals surface area contributed by atoms with Crippen LogP contribution < -0.4 is 24.3 Å². The Bertz CT molecular complexity index is 1170. The van der Waals surface area contributed by atoms with Crippen molar-refractivity contribution in [3.8, 4) is 23.0 Å². The largest absolute Gasteiger partial charge is 0.497 e.